The van der Waals surface area contributed by atoms with Crippen LogP contribution < -0.4 is 5.73 Å². The first-order valence-electron chi connectivity index (χ1n) is 5.59. The van der Waals surface area contributed by atoms with Crippen LogP contribution in [0.4, 0.5) is 0 Å². The molecule has 0 atom stereocenters. The summed E-state index contributed by atoms with van der Waals surface area (Å²) in [7, 11) is 0. The normalized spacial score (nSPS) is 13.9. The molecule has 0 bridgehead atoms. The maximum atomic E-state index is 11.3. The second-order valence-electron chi connectivity index (χ2n) is 4.24. The molecule has 0 radical (unpaired) electrons. The number of rotatable bonds is 2. The Kier molecular flexibility index (Phi) is 2.04. The summed E-state index contributed by atoms with van der Waals surface area (Å²) in [5, 5.41) is 4.44. The number of carbonyl (C=O) groups excluding carboxylic acids is 1. The number of hydrogen-bond donors (Lipinski definition) is 2. The van der Waals surface area contributed by atoms with Gasteiger partial charge in [-0.1, -0.05) is 0 Å². The fourth-order valence-electron chi connectivity index (χ4n) is 2.43. The van der Waals surface area contributed by atoms with Crippen molar-refractivity contribution in [2.75, 3.05) is 0 Å². The van der Waals surface area contributed by atoms with E-state index in [1.165, 1.54) is 11.9 Å². The van der Waals surface area contributed by atoms with Crippen LogP contribution in [0.2, 0.25) is 0 Å². The lowest BCUT2D eigenvalue weighted by Crippen LogP contribution is -2.16. The Morgan fingerprint density at radius 2 is 2.35 bits per heavy atom. The van der Waals surface area contributed by atoms with E-state index in [4.69, 9.17) is 5.73 Å². The molecule has 1 aliphatic rings. The summed E-state index contributed by atoms with van der Waals surface area (Å²) >= 11 is 0. The lowest BCUT2D eigenvalue weighted by atomic mass is 10.2. The molecule has 0 aromatic carbocycles. The van der Waals surface area contributed by atoms with Crippen LogP contribution in [0.1, 0.15) is 33.9 Å². The maximum Gasteiger partial charge on any atom is 0.269 e. The van der Waals surface area contributed by atoms with Gasteiger partial charge in [-0.15, -0.1) is 0 Å². The van der Waals surface area contributed by atoms with E-state index in [0.29, 0.717) is 11.5 Å². The van der Waals surface area contributed by atoms with Crippen LogP contribution in [0.15, 0.2) is 6.33 Å². The van der Waals surface area contributed by atoms with Crippen molar-refractivity contribution in [2.24, 2.45) is 5.73 Å². The molecular weight excluding hydrogens is 218 g/mol. The van der Waals surface area contributed by atoms with Gasteiger partial charge in [0.15, 0.2) is 11.5 Å². The highest BCUT2D eigenvalue weighted by molar-refractivity contribution is 5.93. The SMILES string of the molecule is Cc1nn(-c2nc[nH]c2C(N)=O)c2c1CCC2. The smallest absolute Gasteiger partial charge is 0.269 e. The van der Waals surface area contributed by atoms with Gasteiger partial charge < -0.3 is 10.7 Å². The summed E-state index contributed by atoms with van der Waals surface area (Å²) in [6.45, 7) is 1.98. The number of fused-ring (bicyclic) bond motifs is 1. The maximum absolute atomic E-state index is 11.3. The van der Waals surface area contributed by atoms with Crippen LogP contribution in [0.25, 0.3) is 5.82 Å². The molecule has 0 saturated carbocycles. The lowest BCUT2D eigenvalue weighted by molar-refractivity contribution is 0.0996. The van der Waals surface area contributed by atoms with Crippen LogP contribution in [-0.2, 0) is 12.8 Å². The quantitative estimate of drug-likeness (QED) is 0.788. The van der Waals surface area contributed by atoms with E-state index < -0.39 is 5.91 Å². The molecule has 0 aliphatic heterocycles. The van der Waals surface area contributed by atoms with E-state index in [2.05, 4.69) is 15.1 Å². The minimum Gasteiger partial charge on any atom is -0.364 e. The molecule has 0 spiro atoms. The van der Waals surface area contributed by atoms with Crippen molar-refractivity contribution in [1.29, 1.82) is 0 Å². The van der Waals surface area contributed by atoms with E-state index >= 15 is 0 Å². The molecule has 2 aromatic rings. The lowest BCUT2D eigenvalue weighted by Gasteiger charge is -2.03. The number of carbonyl (C=O) groups is 1. The third-order valence-corrected chi connectivity index (χ3v) is 3.20. The average Bonchev–Trinajstić information content (AvgIpc) is 2.95. The van der Waals surface area contributed by atoms with Crippen LogP contribution in [0, 0.1) is 6.92 Å². The Balaban J connectivity index is 2.19. The number of imidazole rings is 1. The highest BCUT2D eigenvalue weighted by atomic mass is 16.1. The molecule has 17 heavy (non-hydrogen) atoms. The molecule has 1 amide bonds. The first-order chi connectivity index (χ1) is 8.18. The minimum absolute atomic E-state index is 0.308. The summed E-state index contributed by atoms with van der Waals surface area (Å²) in [5.41, 5.74) is 9.05. The van der Waals surface area contributed by atoms with Crippen molar-refractivity contribution in [3.8, 4) is 5.82 Å². The summed E-state index contributed by atoms with van der Waals surface area (Å²) in [5.74, 6) is -0.0128. The minimum atomic E-state index is -0.516. The largest absolute Gasteiger partial charge is 0.364 e. The van der Waals surface area contributed by atoms with Crippen molar-refractivity contribution >= 4 is 5.91 Å². The predicted octanol–water partition coefficient (Wildman–Crippen LogP) is 0.491. The van der Waals surface area contributed by atoms with Crippen LogP contribution in [0.5, 0.6) is 0 Å². The number of aromatic nitrogens is 4. The summed E-state index contributed by atoms with van der Waals surface area (Å²) < 4.78 is 1.74. The fourth-order valence-corrected chi connectivity index (χ4v) is 2.43. The van der Waals surface area contributed by atoms with Gasteiger partial charge in [-0.05, 0) is 31.7 Å². The molecular formula is C11H13N5O. The number of hydrogen-bond acceptors (Lipinski definition) is 3. The highest BCUT2D eigenvalue weighted by Crippen LogP contribution is 2.27. The zero-order valence-electron chi connectivity index (χ0n) is 9.53. The van der Waals surface area contributed by atoms with E-state index in [9.17, 15) is 4.79 Å². The number of primary amides is 1. The third kappa shape index (κ3) is 1.37. The van der Waals surface area contributed by atoms with Gasteiger partial charge in [0, 0.05) is 5.69 Å². The summed E-state index contributed by atoms with van der Waals surface area (Å²) in [6.07, 6.45) is 4.62. The van der Waals surface area contributed by atoms with Gasteiger partial charge in [0.25, 0.3) is 5.91 Å². The number of nitrogens with one attached hydrogen (secondary N) is 1. The van der Waals surface area contributed by atoms with Crippen molar-refractivity contribution < 1.29 is 4.79 Å². The van der Waals surface area contributed by atoms with Crippen LogP contribution in [0.3, 0.4) is 0 Å². The van der Waals surface area contributed by atoms with Gasteiger partial charge in [-0.2, -0.15) is 5.10 Å². The molecule has 6 nitrogen and oxygen atoms in total. The van der Waals surface area contributed by atoms with Gasteiger partial charge >= 0.3 is 0 Å². The number of nitrogens with two attached hydrogens (primary N) is 1. The van der Waals surface area contributed by atoms with E-state index in [1.54, 1.807) is 4.68 Å². The molecule has 1 aliphatic carbocycles. The van der Waals surface area contributed by atoms with Crippen LogP contribution >= 0.6 is 0 Å². The second kappa shape index (κ2) is 3.44. The van der Waals surface area contributed by atoms with Gasteiger partial charge in [-0.25, -0.2) is 9.67 Å². The van der Waals surface area contributed by atoms with Crippen molar-refractivity contribution in [3.05, 3.63) is 29.0 Å². The Morgan fingerprint density at radius 1 is 1.53 bits per heavy atom. The zero-order valence-corrected chi connectivity index (χ0v) is 9.53. The van der Waals surface area contributed by atoms with Gasteiger partial charge in [-0.3, -0.25) is 4.79 Å². The molecule has 88 valence electrons. The molecule has 0 unspecified atom stereocenters. The number of amides is 1. The third-order valence-electron chi connectivity index (χ3n) is 3.20. The van der Waals surface area contributed by atoms with Crippen molar-refractivity contribution in [3.63, 3.8) is 0 Å². The molecule has 0 fully saturated rings. The Labute approximate surface area is 97.8 Å². The molecule has 6 heteroatoms. The Hall–Kier alpha value is -2.11. The number of nitrogens with zero attached hydrogens (tertiary/aromatic N) is 3. The topological polar surface area (TPSA) is 89.6 Å². The molecule has 3 N–H and O–H groups in total. The first-order valence-corrected chi connectivity index (χ1v) is 5.59. The molecule has 0 saturated heterocycles. The molecule has 3 rings (SSSR count). The monoisotopic (exact) mass is 231 g/mol. The van der Waals surface area contributed by atoms with Crippen molar-refractivity contribution in [1.82, 2.24) is 19.7 Å². The first kappa shape index (κ1) is 10.1. The second-order valence-corrected chi connectivity index (χ2v) is 4.24. The number of aryl methyl sites for hydroxylation is 1. The summed E-state index contributed by atoms with van der Waals surface area (Å²) in [4.78, 5) is 18.2. The van der Waals surface area contributed by atoms with Gasteiger partial charge in [0.05, 0.1) is 12.0 Å². The van der Waals surface area contributed by atoms with Crippen molar-refractivity contribution in [2.45, 2.75) is 26.2 Å². The Bertz CT molecular complexity index is 595. The predicted molar refractivity (Wildman–Crippen MR) is 61.0 cm³/mol. The van der Waals surface area contributed by atoms with Crippen LogP contribution in [-0.4, -0.2) is 25.7 Å². The van der Waals surface area contributed by atoms with Gasteiger partial charge in [0.1, 0.15) is 0 Å². The number of H-pyrrole nitrogens is 1. The standard InChI is InChI=1S/C11H13N5O/c1-6-7-3-2-4-8(7)16(15-6)11-9(10(12)17)13-5-14-11/h5H,2-4H2,1H3,(H2,12,17)(H,13,14). The zero-order chi connectivity index (χ0) is 12.0. The average molecular weight is 231 g/mol. The highest BCUT2D eigenvalue weighted by Gasteiger charge is 2.24. The fraction of sp³-hybridized carbons (Fsp3) is 0.364. The Morgan fingerprint density at radius 3 is 3.12 bits per heavy atom. The summed E-state index contributed by atoms with van der Waals surface area (Å²) in [6, 6.07) is 0. The van der Waals surface area contributed by atoms with E-state index in [0.717, 1.165) is 30.7 Å². The number of aromatic amines is 1. The molecule has 2 aromatic heterocycles. The molecule has 2 heterocycles. The van der Waals surface area contributed by atoms with E-state index in [-0.39, 0.29) is 0 Å². The van der Waals surface area contributed by atoms with Gasteiger partial charge in [0.2, 0.25) is 0 Å². The van der Waals surface area contributed by atoms with E-state index in [1.807, 2.05) is 6.92 Å².